The van der Waals surface area contributed by atoms with Crippen LogP contribution in [0.4, 0.5) is 0 Å². The number of aromatic nitrogens is 1. The number of rotatable bonds is 3. The molecule has 6 heteroatoms. The number of nitrogens with zero attached hydrogens (tertiary/aromatic N) is 2. The fraction of sp³-hybridized carbons (Fsp3) is 0.167. The molecule has 1 heterocycles. The Hall–Kier alpha value is -3.43. The maximum Gasteiger partial charge on any atom is 0.286 e. The van der Waals surface area contributed by atoms with Gasteiger partial charge in [0.05, 0.1) is 22.4 Å². The highest BCUT2D eigenvalue weighted by Gasteiger charge is 2.13. The minimum Gasteiger partial charge on any atom is -0.497 e. The summed E-state index contributed by atoms with van der Waals surface area (Å²) >= 11 is 0. The molecule has 1 aromatic heterocycles. The molecule has 0 N–H and O–H groups in total. The van der Waals surface area contributed by atoms with E-state index in [4.69, 9.17) is 4.74 Å². The van der Waals surface area contributed by atoms with E-state index >= 15 is 0 Å². The summed E-state index contributed by atoms with van der Waals surface area (Å²) in [7, 11) is -1.28. The monoisotopic (exact) mass is 418 g/mol. The molecule has 1 unspecified atom stereocenters. The molecule has 0 aliphatic carbocycles. The second-order valence-electron chi connectivity index (χ2n) is 6.89. The van der Waals surface area contributed by atoms with E-state index in [2.05, 4.69) is 21.2 Å². The third-order valence-corrected chi connectivity index (χ3v) is 6.22. The third-order valence-electron chi connectivity index (χ3n) is 4.58. The Kier molecular flexibility index (Phi) is 6.34. The zero-order valence-electron chi connectivity index (χ0n) is 17.3. The molecular formula is C24H22N2O3S. The normalized spacial score (nSPS) is 12.3. The SMILES string of the molecule is COc1cccc(C#Cc2cncc(C(=O)N=S(C)(=O)c3ccc(C)c(C)c3)c2)c1. The highest BCUT2D eigenvalue weighted by Crippen LogP contribution is 2.18. The summed E-state index contributed by atoms with van der Waals surface area (Å²) in [5.74, 6) is 6.13. The molecule has 0 saturated heterocycles. The Balaban J connectivity index is 1.89. The van der Waals surface area contributed by atoms with Crippen molar-refractivity contribution >= 4 is 15.6 Å². The third kappa shape index (κ3) is 5.13. The van der Waals surface area contributed by atoms with Crippen LogP contribution in [0.3, 0.4) is 0 Å². The molecule has 30 heavy (non-hydrogen) atoms. The van der Waals surface area contributed by atoms with Crippen molar-refractivity contribution in [3.05, 3.63) is 88.7 Å². The molecule has 0 aliphatic rings. The van der Waals surface area contributed by atoms with Crippen LogP contribution in [-0.2, 0) is 9.73 Å². The zero-order chi connectivity index (χ0) is 21.7. The number of hydrogen-bond acceptors (Lipinski definition) is 4. The molecule has 1 atom stereocenters. The number of amides is 1. The Morgan fingerprint density at radius 1 is 1.00 bits per heavy atom. The van der Waals surface area contributed by atoms with Crippen LogP contribution < -0.4 is 4.74 Å². The standard InChI is InChI=1S/C24H22N2O3S/c1-17-8-11-23(12-18(17)2)30(4,28)26-24(27)21-13-20(15-25-16-21)10-9-19-6-5-7-22(14-19)29-3/h5-8,11-16H,1-4H3. The number of carbonyl (C=O) groups excluding carboxylic acids is 1. The van der Waals surface area contributed by atoms with Crippen molar-refractivity contribution in [3.8, 4) is 17.6 Å². The Bertz CT molecular complexity index is 1290. The lowest BCUT2D eigenvalue weighted by atomic mass is 10.1. The summed E-state index contributed by atoms with van der Waals surface area (Å²) in [5.41, 5.74) is 3.67. The van der Waals surface area contributed by atoms with Crippen molar-refractivity contribution in [1.29, 1.82) is 0 Å². The van der Waals surface area contributed by atoms with Gasteiger partial charge in [-0.15, -0.1) is 0 Å². The molecule has 1 amide bonds. The second kappa shape index (κ2) is 8.93. The number of methoxy groups -OCH3 is 1. The highest BCUT2D eigenvalue weighted by atomic mass is 32.2. The Morgan fingerprint density at radius 3 is 2.50 bits per heavy atom. The number of ether oxygens (including phenoxy) is 1. The molecule has 3 aromatic rings. The van der Waals surface area contributed by atoms with Crippen LogP contribution in [-0.4, -0.2) is 28.5 Å². The van der Waals surface area contributed by atoms with E-state index in [1.54, 1.807) is 25.4 Å². The van der Waals surface area contributed by atoms with Gasteiger partial charge in [-0.05, 0) is 61.4 Å². The van der Waals surface area contributed by atoms with Crippen molar-refractivity contribution in [3.63, 3.8) is 0 Å². The van der Waals surface area contributed by atoms with E-state index in [-0.39, 0.29) is 5.56 Å². The van der Waals surface area contributed by atoms with Crippen molar-refractivity contribution in [2.75, 3.05) is 13.4 Å². The number of benzene rings is 2. The number of aryl methyl sites for hydroxylation is 2. The molecule has 2 aromatic carbocycles. The van der Waals surface area contributed by atoms with E-state index in [1.165, 1.54) is 12.5 Å². The maximum atomic E-state index is 13.0. The van der Waals surface area contributed by atoms with Gasteiger partial charge in [0.1, 0.15) is 5.75 Å². The fourth-order valence-electron chi connectivity index (χ4n) is 2.68. The van der Waals surface area contributed by atoms with Crippen LogP contribution in [0.5, 0.6) is 5.75 Å². The number of carbonyl (C=O) groups is 1. The van der Waals surface area contributed by atoms with E-state index in [0.29, 0.717) is 16.2 Å². The summed E-state index contributed by atoms with van der Waals surface area (Å²) < 4.78 is 22.2. The number of pyridine rings is 1. The predicted molar refractivity (Wildman–Crippen MR) is 118 cm³/mol. The quantitative estimate of drug-likeness (QED) is 0.591. The Morgan fingerprint density at radius 2 is 1.77 bits per heavy atom. The van der Waals surface area contributed by atoms with E-state index in [1.807, 2.05) is 50.2 Å². The first-order valence-corrected chi connectivity index (χ1v) is 11.2. The molecule has 5 nitrogen and oxygen atoms in total. The van der Waals surface area contributed by atoms with E-state index < -0.39 is 15.6 Å². The smallest absolute Gasteiger partial charge is 0.286 e. The first-order chi connectivity index (χ1) is 14.3. The molecule has 152 valence electrons. The first-order valence-electron chi connectivity index (χ1n) is 9.23. The number of hydrogen-bond donors (Lipinski definition) is 0. The summed E-state index contributed by atoms with van der Waals surface area (Å²) in [5, 5.41) is 0. The second-order valence-corrected chi connectivity index (χ2v) is 9.15. The largest absolute Gasteiger partial charge is 0.497 e. The van der Waals surface area contributed by atoms with Gasteiger partial charge in [0, 0.05) is 34.7 Å². The van der Waals surface area contributed by atoms with Crippen molar-refractivity contribution in [2.45, 2.75) is 18.7 Å². The van der Waals surface area contributed by atoms with Crippen LogP contribution in [0.15, 0.2) is 70.2 Å². The Labute approximate surface area is 177 Å². The van der Waals surface area contributed by atoms with Gasteiger partial charge >= 0.3 is 0 Å². The van der Waals surface area contributed by atoms with Gasteiger partial charge in [-0.3, -0.25) is 9.78 Å². The molecule has 0 aliphatic heterocycles. The minimum absolute atomic E-state index is 0.242. The van der Waals surface area contributed by atoms with Gasteiger partial charge < -0.3 is 4.74 Å². The van der Waals surface area contributed by atoms with Crippen LogP contribution in [0.1, 0.15) is 32.6 Å². The average Bonchev–Trinajstić information content (AvgIpc) is 2.74. The van der Waals surface area contributed by atoms with Crippen LogP contribution in [0, 0.1) is 25.7 Å². The molecule has 0 saturated carbocycles. The van der Waals surface area contributed by atoms with Crippen molar-refractivity contribution in [2.24, 2.45) is 4.36 Å². The molecule has 0 spiro atoms. The van der Waals surface area contributed by atoms with Gasteiger partial charge in [0.25, 0.3) is 5.91 Å². The van der Waals surface area contributed by atoms with Gasteiger partial charge in [0.15, 0.2) is 0 Å². The van der Waals surface area contributed by atoms with Crippen LogP contribution >= 0.6 is 0 Å². The van der Waals surface area contributed by atoms with E-state index in [0.717, 1.165) is 16.7 Å². The molecule has 0 radical (unpaired) electrons. The van der Waals surface area contributed by atoms with Gasteiger partial charge in [-0.2, -0.15) is 4.36 Å². The fourth-order valence-corrected chi connectivity index (χ4v) is 3.93. The first kappa shape index (κ1) is 21.3. The van der Waals surface area contributed by atoms with Crippen LogP contribution in [0.2, 0.25) is 0 Å². The molecule has 3 rings (SSSR count). The summed E-state index contributed by atoms with van der Waals surface area (Å²) in [4.78, 5) is 17.3. The lowest BCUT2D eigenvalue weighted by Gasteiger charge is -2.07. The summed E-state index contributed by atoms with van der Waals surface area (Å²) in [6.07, 6.45) is 4.43. The minimum atomic E-state index is -2.87. The predicted octanol–water partition coefficient (Wildman–Crippen LogP) is 4.40. The summed E-state index contributed by atoms with van der Waals surface area (Å²) in [6.45, 7) is 3.91. The summed E-state index contributed by atoms with van der Waals surface area (Å²) in [6, 6.07) is 14.4. The molecular weight excluding hydrogens is 396 g/mol. The van der Waals surface area contributed by atoms with Gasteiger partial charge in [0.2, 0.25) is 0 Å². The lowest BCUT2D eigenvalue weighted by molar-refractivity contribution is 0.100. The van der Waals surface area contributed by atoms with Gasteiger partial charge in [-0.25, -0.2) is 4.21 Å². The molecule has 0 bridgehead atoms. The van der Waals surface area contributed by atoms with Gasteiger partial charge in [-0.1, -0.05) is 24.0 Å². The van der Waals surface area contributed by atoms with Crippen molar-refractivity contribution in [1.82, 2.24) is 4.98 Å². The average molecular weight is 419 g/mol. The zero-order valence-corrected chi connectivity index (χ0v) is 18.1. The van der Waals surface area contributed by atoms with Crippen molar-refractivity contribution < 1.29 is 13.7 Å². The van der Waals surface area contributed by atoms with Crippen LogP contribution in [0.25, 0.3) is 0 Å². The lowest BCUT2D eigenvalue weighted by Crippen LogP contribution is -2.05. The maximum absolute atomic E-state index is 13.0. The topological polar surface area (TPSA) is 68.6 Å². The van der Waals surface area contributed by atoms with E-state index in [9.17, 15) is 9.00 Å². The highest BCUT2D eigenvalue weighted by molar-refractivity contribution is 7.93. The molecule has 0 fully saturated rings.